The van der Waals surface area contributed by atoms with E-state index < -0.39 is 0 Å². The van der Waals surface area contributed by atoms with Gasteiger partial charge in [0.2, 0.25) is 0 Å². The number of hydrogen-bond acceptors (Lipinski definition) is 2. The lowest BCUT2D eigenvalue weighted by atomic mass is 10.2. The number of benzene rings is 2. The predicted molar refractivity (Wildman–Crippen MR) is 95.3 cm³/mol. The summed E-state index contributed by atoms with van der Waals surface area (Å²) in [6, 6.07) is 18.6. The van der Waals surface area contributed by atoms with Crippen molar-refractivity contribution >= 4 is 22.8 Å². The topological polar surface area (TPSA) is 39.5 Å². The third kappa shape index (κ3) is 2.78. The smallest absolute Gasteiger partial charge is 0.370 e. The molecule has 0 unspecified atom stereocenters. The molecular formula is C20H20N3O2+. The van der Waals surface area contributed by atoms with Crippen molar-refractivity contribution < 1.29 is 14.1 Å². The van der Waals surface area contributed by atoms with Gasteiger partial charge in [0.25, 0.3) is 0 Å². The highest BCUT2D eigenvalue weighted by Gasteiger charge is 2.23. The highest BCUT2D eigenvalue weighted by atomic mass is 16.5. The van der Waals surface area contributed by atoms with Gasteiger partial charge in [-0.15, -0.1) is 0 Å². The fourth-order valence-corrected chi connectivity index (χ4v) is 3.29. The number of fused-ring (bicyclic) bond motifs is 3. The molecule has 0 N–H and O–H groups in total. The van der Waals surface area contributed by atoms with Gasteiger partial charge in [0.1, 0.15) is 17.2 Å². The normalized spacial score (nSPS) is 11.2. The summed E-state index contributed by atoms with van der Waals surface area (Å²) in [6.07, 6.45) is 3.93. The van der Waals surface area contributed by atoms with Gasteiger partial charge in [0, 0.05) is 0 Å². The second kappa shape index (κ2) is 6.43. The van der Waals surface area contributed by atoms with E-state index in [2.05, 4.69) is 33.2 Å². The quantitative estimate of drug-likeness (QED) is 0.416. The summed E-state index contributed by atoms with van der Waals surface area (Å²) in [5.41, 5.74) is 3.48. The van der Waals surface area contributed by atoms with Crippen LogP contribution in [-0.4, -0.2) is 21.5 Å². The van der Waals surface area contributed by atoms with Crippen molar-refractivity contribution in [3.05, 3.63) is 72.6 Å². The maximum atomic E-state index is 12.0. The van der Waals surface area contributed by atoms with Gasteiger partial charge in [-0.2, -0.15) is 4.40 Å². The summed E-state index contributed by atoms with van der Waals surface area (Å²) in [4.78, 5) is 12.0. The minimum atomic E-state index is -0.225. The monoisotopic (exact) mass is 334 g/mol. The molecule has 0 bridgehead atoms. The zero-order valence-electron chi connectivity index (χ0n) is 14.1. The number of rotatable bonds is 5. The summed E-state index contributed by atoms with van der Waals surface area (Å²) in [5, 5.41) is 0. The first-order chi connectivity index (χ1) is 12.3. The Hall–Kier alpha value is -3.08. The second-order valence-electron chi connectivity index (χ2n) is 5.96. The highest BCUT2D eigenvalue weighted by molar-refractivity contribution is 5.80. The SMILES string of the molecule is CCOC(=O)C[n+]1ccn2c3ccccc3n(Cc3ccccc3)c21. The van der Waals surface area contributed by atoms with Crippen LogP contribution in [0.4, 0.5) is 0 Å². The van der Waals surface area contributed by atoms with Crippen LogP contribution >= 0.6 is 0 Å². The van der Waals surface area contributed by atoms with Crippen LogP contribution in [-0.2, 0) is 22.6 Å². The summed E-state index contributed by atoms with van der Waals surface area (Å²) in [5.74, 6) is 0.746. The molecule has 25 heavy (non-hydrogen) atoms. The molecule has 0 aliphatic heterocycles. The molecular weight excluding hydrogens is 314 g/mol. The van der Waals surface area contributed by atoms with Crippen LogP contribution in [0.15, 0.2) is 67.0 Å². The molecule has 0 amide bonds. The largest absolute Gasteiger partial charge is 0.464 e. The molecule has 2 aromatic heterocycles. The van der Waals surface area contributed by atoms with Crippen molar-refractivity contribution in [3.63, 3.8) is 0 Å². The second-order valence-corrected chi connectivity index (χ2v) is 5.96. The van der Waals surface area contributed by atoms with Crippen LogP contribution in [0.1, 0.15) is 12.5 Å². The number of hydrogen-bond donors (Lipinski definition) is 0. The Kier molecular flexibility index (Phi) is 3.98. The molecule has 5 heteroatoms. The van der Waals surface area contributed by atoms with Gasteiger partial charge in [0.15, 0.2) is 6.54 Å². The predicted octanol–water partition coefficient (Wildman–Crippen LogP) is 2.79. The van der Waals surface area contributed by atoms with Gasteiger partial charge in [-0.3, -0.25) is 0 Å². The van der Waals surface area contributed by atoms with E-state index in [1.165, 1.54) is 5.56 Å². The summed E-state index contributed by atoms with van der Waals surface area (Å²) >= 11 is 0. The van der Waals surface area contributed by atoms with Crippen LogP contribution in [0, 0.1) is 0 Å². The molecule has 0 atom stereocenters. The Labute approximate surface area is 145 Å². The lowest BCUT2D eigenvalue weighted by Gasteiger charge is -2.04. The average Bonchev–Trinajstić information content (AvgIpc) is 3.16. The first-order valence-electron chi connectivity index (χ1n) is 8.45. The maximum Gasteiger partial charge on any atom is 0.370 e. The van der Waals surface area contributed by atoms with Crippen LogP contribution in [0.5, 0.6) is 0 Å². The number of para-hydroxylation sites is 2. The molecule has 0 radical (unpaired) electrons. The Morgan fingerprint density at radius 1 is 1.04 bits per heavy atom. The standard InChI is InChI=1S/C20H20N3O2/c1-2-25-19(24)15-21-12-13-22-17-10-6-7-11-18(17)23(20(21)22)14-16-8-4-3-5-9-16/h3-13H,2,14-15H2,1H3/q+1. The third-order valence-electron chi connectivity index (χ3n) is 4.33. The molecule has 0 saturated heterocycles. The van der Waals surface area contributed by atoms with Crippen molar-refractivity contribution in [2.75, 3.05) is 6.61 Å². The van der Waals surface area contributed by atoms with E-state index >= 15 is 0 Å². The Balaban J connectivity index is 1.87. The van der Waals surface area contributed by atoms with Crippen molar-refractivity contribution in [1.82, 2.24) is 8.97 Å². The van der Waals surface area contributed by atoms with Gasteiger partial charge in [0.05, 0.1) is 19.3 Å². The van der Waals surface area contributed by atoms with E-state index in [1.54, 1.807) is 0 Å². The fourth-order valence-electron chi connectivity index (χ4n) is 3.29. The summed E-state index contributed by atoms with van der Waals surface area (Å²) in [6.45, 7) is 3.16. The van der Waals surface area contributed by atoms with Crippen molar-refractivity contribution in [2.24, 2.45) is 0 Å². The van der Waals surface area contributed by atoms with Crippen LogP contribution in [0.3, 0.4) is 0 Å². The van der Waals surface area contributed by atoms with Crippen molar-refractivity contribution in [2.45, 2.75) is 20.0 Å². The first kappa shape index (κ1) is 15.4. The van der Waals surface area contributed by atoms with E-state index in [0.29, 0.717) is 6.61 Å². The molecule has 0 fully saturated rings. The molecule has 126 valence electrons. The molecule has 0 aliphatic rings. The minimum Gasteiger partial charge on any atom is -0.464 e. The van der Waals surface area contributed by atoms with Crippen LogP contribution in [0.2, 0.25) is 0 Å². The maximum absolute atomic E-state index is 12.0. The van der Waals surface area contributed by atoms with Crippen molar-refractivity contribution in [1.29, 1.82) is 0 Å². The first-order valence-corrected chi connectivity index (χ1v) is 8.45. The van der Waals surface area contributed by atoms with Crippen molar-refractivity contribution in [3.8, 4) is 0 Å². The Bertz CT molecular complexity index is 1030. The van der Waals surface area contributed by atoms with Crippen LogP contribution < -0.4 is 4.57 Å². The molecule has 5 nitrogen and oxygen atoms in total. The van der Waals surface area contributed by atoms with E-state index in [-0.39, 0.29) is 12.5 Å². The van der Waals surface area contributed by atoms with Gasteiger partial charge >= 0.3 is 11.7 Å². The van der Waals surface area contributed by atoms with Gasteiger partial charge in [-0.05, 0) is 24.6 Å². The third-order valence-corrected chi connectivity index (χ3v) is 4.33. The minimum absolute atomic E-state index is 0.204. The Morgan fingerprint density at radius 2 is 1.76 bits per heavy atom. The average molecular weight is 334 g/mol. The molecule has 4 aromatic rings. The number of carbonyl (C=O) groups excluding carboxylic acids is 1. The number of esters is 1. The summed E-state index contributed by atoms with van der Waals surface area (Å²) in [7, 11) is 0. The zero-order chi connectivity index (χ0) is 17.2. The fraction of sp³-hybridized carbons (Fsp3) is 0.200. The summed E-state index contributed by atoms with van der Waals surface area (Å²) < 4.78 is 11.4. The number of nitrogens with zero attached hydrogens (tertiary/aromatic N) is 3. The lowest BCUT2D eigenvalue weighted by molar-refractivity contribution is -0.662. The molecule has 0 spiro atoms. The van der Waals surface area contributed by atoms with E-state index in [4.69, 9.17) is 4.74 Å². The number of imidazole rings is 2. The Morgan fingerprint density at radius 3 is 2.52 bits per heavy atom. The molecule has 2 aromatic carbocycles. The lowest BCUT2D eigenvalue weighted by Crippen LogP contribution is -2.39. The van der Waals surface area contributed by atoms with Gasteiger partial charge < -0.3 is 4.74 Å². The number of carbonyl (C=O) groups is 1. The molecule has 2 heterocycles. The van der Waals surface area contributed by atoms with E-state index in [9.17, 15) is 4.79 Å². The van der Waals surface area contributed by atoms with Gasteiger partial charge in [-0.25, -0.2) is 13.9 Å². The molecule has 0 saturated carbocycles. The van der Waals surface area contributed by atoms with Gasteiger partial charge in [-0.1, -0.05) is 42.5 Å². The van der Waals surface area contributed by atoms with E-state index in [1.807, 2.05) is 54.2 Å². The number of aromatic nitrogens is 3. The van der Waals surface area contributed by atoms with E-state index in [0.717, 1.165) is 23.4 Å². The highest BCUT2D eigenvalue weighted by Crippen LogP contribution is 2.20. The number of ether oxygens (including phenoxy) is 1. The zero-order valence-corrected chi connectivity index (χ0v) is 14.1. The molecule has 4 rings (SSSR count). The van der Waals surface area contributed by atoms with Crippen LogP contribution in [0.25, 0.3) is 16.8 Å². The molecule has 0 aliphatic carbocycles.